The number of nitrogens with one attached hydrogen (secondary N) is 1. The topological polar surface area (TPSA) is 146 Å². The van der Waals surface area contributed by atoms with Crippen LogP contribution < -0.4 is 14.5 Å². The van der Waals surface area contributed by atoms with Gasteiger partial charge >= 0.3 is 12.1 Å². The number of aromatic amines is 1. The van der Waals surface area contributed by atoms with E-state index in [0.29, 0.717) is 67.0 Å². The van der Waals surface area contributed by atoms with Crippen LogP contribution in [0.25, 0.3) is 33.9 Å². The van der Waals surface area contributed by atoms with Gasteiger partial charge in [-0.1, -0.05) is 13.8 Å². The Hall–Kier alpha value is -4.57. The highest BCUT2D eigenvalue weighted by molar-refractivity contribution is 5.91. The molecule has 0 aromatic carbocycles. The largest absolute Gasteiger partial charge is 0.481 e. The van der Waals surface area contributed by atoms with Gasteiger partial charge in [-0.25, -0.2) is 24.9 Å². The van der Waals surface area contributed by atoms with Gasteiger partial charge in [0.05, 0.1) is 43.4 Å². The number of alkyl halides is 3. The molecule has 48 heavy (non-hydrogen) atoms. The van der Waals surface area contributed by atoms with E-state index >= 15 is 0 Å². The van der Waals surface area contributed by atoms with Gasteiger partial charge in [-0.3, -0.25) is 9.69 Å². The number of anilines is 2. The molecule has 1 aliphatic heterocycles. The molecule has 0 bridgehead atoms. The molecule has 0 spiro atoms. The van der Waals surface area contributed by atoms with E-state index in [1.54, 1.807) is 32.5 Å². The lowest BCUT2D eigenvalue weighted by Crippen LogP contribution is -2.47. The van der Waals surface area contributed by atoms with Gasteiger partial charge in [-0.05, 0) is 19.1 Å². The van der Waals surface area contributed by atoms with Crippen molar-refractivity contribution >= 4 is 28.6 Å². The van der Waals surface area contributed by atoms with Crippen LogP contribution in [0.1, 0.15) is 32.8 Å². The van der Waals surface area contributed by atoms with Crippen molar-refractivity contribution in [1.29, 1.82) is 0 Å². The second kappa shape index (κ2) is 14.3. The molecule has 5 heterocycles. The number of carbonyl (C=O) groups is 1. The predicted molar refractivity (Wildman–Crippen MR) is 174 cm³/mol. The molecule has 4 aromatic rings. The number of rotatable bonds is 13. The van der Waals surface area contributed by atoms with E-state index in [4.69, 9.17) is 19.6 Å². The Morgan fingerprint density at radius 2 is 1.79 bits per heavy atom. The highest BCUT2D eigenvalue weighted by Gasteiger charge is 2.36. The molecular weight excluding hydrogens is 631 g/mol. The van der Waals surface area contributed by atoms with Crippen LogP contribution in [0.4, 0.5) is 24.7 Å². The van der Waals surface area contributed by atoms with E-state index in [-0.39, 0.29) is 29.7 Å². The summed E-state index contributed by atoms with van der Waals surface area (Å²) in [4.78, 5) is 43.0. The molecule has 16 heteroatoms. The quantitative estimate of drug-likeness (QED) is 0.205. The Balaban J connectivity index is 1.48. The number of carboxylic acids is 1. The molecule has 2 N–H and O–H groups in total. The van der Waals surface area contributed by atoms with Gasteiger partial charge < -0.3 is 29.4 Å². The molecule has 258 valence electrons. The second-order valence-electron chi connectivity index (χ2n) is 12.5. The van der Waals surface area contributed by atoms with Crippen molar-refractivity contribution in [3.05, 3.63) is 36.3 Å². The SMILES string of the molecule is CCOc1ncc(-c2cc(N(C)CC(C)(C)COC)c3[nH]c(-c4cnc(N5CCN(CCC(=O)O)CC5)cn4)nc3n2)cc1C(F)(F)F. The van der Waals surface area contributed by atoms with E-state index < -0.39 is 23.6 Å². The summed E-state index contributed by atoms with van der Waals surface area (Å²) >= 11 is 0. The summed E-state index contributed by atoms with van der Waals surface area (Å²) in [6.45, 7) is 10.1. The molecule has 0 radical (unpaired) electrons. The first-order valence-corrected chi connectivity index (χ1v) is 15.6. The maximum absolute atomic E-state index is 14.0. The number of aliphatic carboxylic acids is 1. The van der Waals surface area contributed by atoms with E-state index in [1.807, 2.05) is 11.9 Å². The molecule has 1 aliphatic rings. The Kier molecular flexibility index (Phi) is 10.3. The monoisotopic (exact) mass is 671 g/mol. The molecule has 5 rings (SSSR count). The van der Waals surface area contributed by atoms with Crippen molar-refractivity contribution in [2.75, 3.05) is 76.4 Å². The molecule has 0 aliphatic carbocycles. The molecule has 0 unspecified atom stereocenters. The fourth-order valence-corrected chi connectivity index (χ4v) is 5.81. The van der Waals surface area contributed by atoms with E-state index in [0.717, 1.165) is 19.2 Å². The van der Waals surface area contributed by atoms with Gasteiger partial charge in [0.2, 0.25) is 5.88 Å². The average molecular weight is 672 g/mol. The molecule has 1 fully saturated rings. The lowest BCUT2D eigenvalue weighted by Gasteiger charge is -2.34. The summed E-state index contributed by atoms with van der Waals surface area (Å²) in [6.07, 6.45) is 0.0214. The van der Waals surface area contributed by atoms with Gasteiger partial charge in [0, 0.05) is 70.6 Å². The number of methoxy groups -OCH3 is 1. The number of imidazole rings is 1. The number of carboxylic acid groups (broad SMARTS) is 1. The Morgan fingerprint density at radius 3 is 2.42 bits per heavy atom. The summed E-state index contributed by atoms with van der Waals surface area (Å²) < 4.78 is 52.5. The maximum atomic E-state index is 14.0. The minimum atomic E-state index is -4.68. The van der Waals surface area contributed by atoms with Gasteiger partial charge in [0.25, 0.3) is 0 Å². The first-order valence-electron chi connectivity index (χ1n) is 15.6. The van der Waals surface area contributed by atoms with Crippen LogP contribution in [-0.4, -0.2) is 113 Å². The van der Waals surface area contributed by atoms with E-state index in [9.17, 15) is 18.0 Å². The minimum absolute atomic E-state index is 0.0387. The zero-order valence-corrected chi connectivity index (χ0v) is 27.6. The Labute approximate surface area is 276 Å². The number of fused-ring (bicyclic) bond motifs is 1. The zero-order chi connectivity index (χ0) is 34.6. The number of hydrogen-bond donors (Lipinski definition) is 2. The first-order chi connectivity index (χ1) is 22.8. The third-order valence-electron chi connectivity index (χ3n) is 8.00. The maximum Gasteiger partial charge on any atom is 0.421 e. The third-order valence-corrected chi connectivity index (χ3v) is 8.00. The summed E-state index contributed by atoms with van der Waals surface area (Å²) in [6, 6.07) is 2.71. The number of ether oxygens (including phenoxy) is 2. The van der Waals surface area contributed by atoms with Gasteiger partial charge in [-0.2, -0.15) is 13.2 Å². The van der Waals surface area contributed by atoms with Gasteiger partial charge in [0.1, 0.15) is 22.6 Å². The van der Waals surface area contributed by atoms with Gasteiger partial charge in [-0.15, -0.1) is 0 Å². The third kappa shape index (κ3) is 8.10. The molecule has 13 nitrogen and oxygen atoms in total. The van der Waals surface area contributed by atoms with Crippen LogP contribution in [-0.2, 0) is 15.7 Å². The number of piperazine rings is 1. The molecule has 0 atom stereocenters. The molecule has 0 saturated carbocycles. The number of hydrogen-bond acceptors (Lipinski definition) is 11. The second-order valence-corrected chi connectivity index (χ2v) is 12.5. The lowest BCUT2D eigenvalue weighted by molar-refractivity contribution is -0.139. The number of halogens is 3. The fraction of sp³-hybridized carbons (Fsp3) is 0.500. The zero-order valence-electron chi connectivity index (χ0n) is 27.6. The number of H-pyrrole nitrogens is 1. The summed E-state index contributed by atoms with van der Waals surface area (Å²) in [7, 11) is 3.53. The van der Waals surface area contributed by atoms with E-state index in [2.05, 4.69) is 48.6 Å². The number of nitrogens with zero attached hydrogens (tertiary/aromatic N) is 8. The highest BCUT2D eigenvalue weighted by Crippen LogP contribution is 2.39. The summed E-state index contributed by atoms with van der Waals surface area (Å²) in [5, 5.41) is 8.96. The van der Waals surface area contributed by atoms with Crippen molar-refractivity contribution in [2.45, 2.75) is 33.4 Å². The van der Waals surface area contributed by atoms with Crippen molar-refractivity contribution < 1.29 is 32.5 Å². The van der Waals surface area contributed by atoms with Gasteiger partial charge in [0.15, 0.2) is 11.5 Å². The van der Waals surface area contributed by atoms with Crippen LogP contribution in [0, 0.1) is 5.41 Å². The molecule has 1 saturated heterocycles. The Bertz CT molecular complexity index is 1720. The minimum Gasteiger partial charge on any atom is -0.481 e. The van der Waals surface area contributed by atoms with Crippen LogP contribution in [0.2, 0.25) is 0 Å². The highest BCUT2D eigenvalue weighted by atomic mass is 19.4. The fourth-order valence-electron chi connectivity index (χ4n) is 5.81. The van der Waals surface area contributed by atoms with Crippen LogP contribution in [0.3, 0.4) is 0 Å². The van der Waals surface area contributed by atoms with Crippen LogP contribution >= 0.6 is 0 Å². The average Bonchev–Trinajstić information content (AvgIpc) is 3.47. The lowest BCUT2D eigenvalue weighted by atomic mass is 9.94. The molecule has 4 aromatic heterocycles. The molecule has 0 amide bonds. The normalized spacial score (nSPS) is 14.5. The predicted octanol–water partition coefficient (Wildman–Crippen LogP) is 4.60. The van der Waals surface area contributed by atoms with Crippen molar-refractivity contribution in [2.24, 2.45) is 5.41 Å². The summed E-state index contributed by atoms with van der Waals surface area (Å²) in [5.74, 6) is -0.206. The first kappa shape index (κ1) is 34.8. The number of aromatic nitrogens is 6. The summed E-state index contributed by atoms with van der Waals surface area (Å²) in [5.41, 5.74) is 1.20. The van der Waals surface area contributed by atoms with E-state index in [1.165, 1.54) is 6.20 Å². The standard InChI is InChI=1S/C32H40F3N9O4/c1-6-48-30-21(32(33,34)35)13-20(15-38-30)22-14-24(42(4)18-31(2,3)19-47-5)27-29(39-22)41-28(40-27)23-16-37-25(17-36-23)44-11-9-43(10-12-44)8-7-26(45)46/h13-17H,6-12,18-19H2,1-5H3,(H,45,46)(H,39,40,41). The Morgan fingerprint density at radius 1 is 1.04 bits per heavy atom. The number of pyridine rings is 2. The van der Waals surface area contributed by atoms with Crippen LogP contribution in [0.15, 0.2) is 30.7 Å². The van der Waals surface area contributed by atoms with Crippen molar-refractivity contribution in [3.8, 4) is 28.7 Å². The smallest absolute Gasteiger partial charge is 0.421 e. The van der Waals surface area contributed by atoms with Crippen molar-refractivity contribution in [3.63, 3.8) is 0 Å². The van der Waals surface area contributed by atoms with Crippen molar-refractivity contribution in [1.82, 2.24) is 34.8 Å². The molecular formula is C32H40F3N9O4. The van der Waals surface area contributed by atoms with Crippen LogP contribution in [0.5, 0.6) is 5.88 Å².